The van der Waals surface area contributed by atoms with Crippen molar-refractivity contribution in [3.8, 4) is 11.5 Å². The maximum absolute atomic E-state index is 13.4. The van der Waals surface area contributed by atoms with E-state index in [1.54, 1.807) is 43.4 Å². The van der Waals surface area contributed by atoms with Crippen LogP contribution in [0.4, 0.5) is 0 Å². The first-order valence-electron chi connectivity index (χ1n) is 10.2. The lowest BCUT2D eigenvalue weighted by molar-refractivity contribution is 0.0504. The zero-order valence-electron chi connectivity index (χ0n) is 17.6. The van der Waals surface area contributed by atoms with Crippen LogP contribution in [0.2, 0.25) is 0 Å². The van der Waals surface area contributed by atoms with Gasteiger partial charge in [0.15, 0.2) is 11.5 Å². The number of para-hydroxylation sites is 1. The molecular weight excluding hydrogens is 398 g/mol. The molecule has 0 aliphatic carbocycles. The largest absolute Gasteiger partial charge is 0.493 e. The van der Waals surface area contributed by atoms with E-state index in [2.05, 4.69) is 0 Å². The van der Waals surface area contributed by atoms with Gasteiger partial charge in [-0.3, -0.25) is 4.79 Å². The van der Waals surface area contributed by atoms with E-state index in [0.717, 1.165) is 18.4 Å². The van der Waals surface area contributed by atoms with Gasteiger partial charge in [-0.1, -0.05) is 24.3 Å². The van der Waals surface area contributed by atoms with Crippen molar-refractivity contribution in [2.24, 2.45) is 0 Å². The predicted octanol–water partition coefficient (Wildman–Crippen LogP) is 3.63. The molecule has 2 aromatic carbocycles. The fraction of sp³-hybridized carbons (Fsp3) is 0.333. The highest BCUT2D eigenvalue weighted by Crippen LogP contribution is 2.28. The molecule has 7 heteroatoms. The van der Waals surface area contributed by atoms with Gasteiger partial charge in [-0.25, -0.2) is 4.79 Å². The van der Waals surface area contributed by atoms with Gasteiger partial charge in [0.05, 0.1) is 20.3 Å². The number of nitrogens with zero attached hydrogens (tertiary/aromatic N) is 1. The second-order valence-corrected chi connectivity index (χ2v) is 7.50. The molecule has 4 rings (SSSR count). The van der Waals surface area contributed by atoms with Gasteiger partial charge >= 0.3 is 5.63 Å². The first-order chi connectivity index (χ1) is 15.1. The summed E-state index contributed by atoms with van der Waals surface area (Å²) in [5.41, 5.74) is 0.675. The first-order valence-corrected chi connectivity index (χ1v) is 10.2. The number of rotatable bonds is 7. The third kappa shape index (κ3) is 4.56. The van der Waals surface area contributed by atoms with E-state index in [0.29, 0.717) is 42.2 Å². The van der Waals surface area contributed by atoms with Crippen LogP contribution < -0.4 is 15.1 Å². The van der Waals surface area contributed by atoms with Crippen LogP contribution in [0.15, 0.2) is 57.7 Å². The van der Waals surface area contributed by atoms with Crippen molar-refractivity contribution in [3.05, 3.63) is 70.1 Å². The summed E-state index contributed by atoms with van der Waals surface area (Å²) in [4.78, 5) is 27.6. The minimum Gasteiger partial charge on any atom is -0.493 e. The van der Waals surface area contributed by atoms with E-state index >= 15 is 0 Å². The molecule has 1 amide bonds. The number of ether oxygens (including phenoxy) is 3. The molecule has 1 fully saturated rings. The van der Waals surface area contributed by atoms with Gasteiger partial charge in [0.1, 0.15) is 11.1 Å². The molecule has 1 atom stereocenters. The SMILES string of the molecule is COc1ccc(CN(CC2CCCO2)C(=O)c2cc3ccccc3oc2=O)cc1OC. The smallest absolute Gasteiger partial charge is 0.349 e. The van der Waals surface area contributed by atoms with Crippen molar-refractivity contribution in [2.45, 2.75) is 25.5 Å². The summed E-state index contributed by atoms with van der Waals surface area (Å²) in [6, 6.07) is 14.2. The van der Waals surface area contributed by atoms with Crippen LogP contribution in [0.25, 0.3) is 11.0 Å². The van der Waals surface area contributed by atoms with E-state index in [-0.39, 0.29) is 17.6 Å². The van der Waals surface area contributed by atoms with E-state index in [1.807, 2.05) is 24.3 Å². The van der Waals surface area contributed by atoms with Crippen molar-refractivity contribution < 1.29 is 23.4 Å². The Morgan fingerprint density at radius 3 is 2.65 bits per heavy atom. The number of amides is 1. The lowest BCUT2D eigenvalue weighted by Gasteiger charge is -2.25. The molecule has 0 spiro atoms. The van der Waals surface area contributed by atoms with Crippen LogP contribution in [0.1, 0.15) is 28.8 Å². The topological polar surface area (TPSA) is 78.2 Å². The molecule has 7 nitrogen and oxygen atoms in total. The van der Waals surface area contributed by atoms with E-state index in [4.69, 9.17) is 18.6 Å². The first kappa shape index (κ1) is 20.9. The number of methoxy groups -OCH3 is 2. The molecule has 1 saturated heterocycles. The molecule has 0 bridgehead atoms. The molecule has 1 aliphatic heterocycles. The Hall–Kier alpha value is -3.32. The highest BCUT2D eigenvalue weighted by molar-refractivity contribution is 5.96. The summed E-state index contributed by atoms with van der Waals surface area (Å²) in [7, 11) is 3.14. The molecule has 1 aromatic heterocycles. The van der Waals surface area contributed by atoms with Crippen molar-refractivity contribution in [1.29, 1.82) is 0 Å². The number of carbonyl (C=O) groups excluding carboxylic acids is 1. The third-order valence-electron chi connectivity index (χ3n) is 5.43. The van der Waals surface area contributed by atoms with Crippen LogP contribution in [-0.4, -0.2) is 44.3 Å². The third-order valence-corrected chi connectivity index (χ3v) is 5.43. The minimum atomic E-state index is -0.645. The summed E-state index contributed by atoms with van der Waals surface area (Å²) in [5.74, 6) is 0.804. The fourth-order valence-corrected chi connectivity index (χ4v) is 3.83. The molecule has 162 valence electrons. The quantitative estimate of drug-likeness (QED) is 0.540. The van der Waals surface area contributed by atoms with Crippen LogP contribution in [0.5, 0.6) is 11.5 Å². The van der Waals surface area contributed by atoms with E-state index < -0.39 is 5.63 Å². The molecule has 31 heavy (non-hydrogen) atoms. The molecular formula is C24H25NO6. The maximum Gasteiger partial charge on any atom is 0.349 e. The second-order valence-electron chi connectivity index (χ2n) is 7.50. The van der Waals surface area contributed by atoms with Crippen LogP contribution in [0, 0.1) is 0 Å². The molecule has 2 heterocycles. The molecule has 0 saturated carbocycles. The summed E-state index contributed by atoms with van der Waals surface area (Å²) in [6.45, 7) is 1.37. The van der Waals surface area contributed by atoms with Crippen LogP contribution in [-0.2, 0) is 11.3 Å². The van der Waals surface area contributed by atoms with Gasteiger partial charge in [0.2, 0.25) is 0 Å². The van der Waals surface area contributed by atoms with Gasteiger partial charge in [-0.05, 0) is 42.7 Å². The molecule has 1 unspecified atom stereocenters. The molecule has 3 aromatic rings. The van der Waals surface area contributed by atoms with E-state index in [1.165, 1.54) is 0 Å². The van der Waals surface area contributed by atoms with Crippen molar-refractivity contribution in [2.75, 3.05) is 27.4 Å². The average Bonchev–Trinajstić information content (AvgIpc) is 3.30. The Morgan fingerprint density at radius 2 is 1.90 bits per heavy atom. The summed E-state index contributed by atoms with van der Waals surface area (Å²) >= 11 is 0. The summed E-state index contributed by atoms with van der Waals surface area (Å²) < 4.78 is 21.8. The normalized spacial score (nSPS) is 15.7. The standard InChI is InChI=1S/C24H25NO6/c1-28-21-10-9-16(12-22(21)29-2)14-25(15-18-7-5-11-30-18)23(26)19-13-17-6-3-4-8-20(17)31-24(19)27/h3-4,6,8-10,12-13,18H,5,7,11,14-15H2,1-2H3. The zero-order valence-corrected chi connectivity index (χ0v) is 17.6. The Balaban J connectivity index is 1.67. The fourth-order valence-electron chi connectivity index (χ4n) is 3.83. The number of hydrogen-bond donors (Lipinski definition) is 0. The average molecular weight is 423 g/mol. The lowest BCUT2D eigenvalue weighted by Crippen LogP contribution is -2.38. The van der Waals surface area contributed by atoms with E-state index in [9.17, 15) is 9.59 Å². The maximum atomic E-state index is 13.4. The number of fused-ring (bicyclic) bond motifs is 1. The van der Waals surface area contributed by atoms with Gasteiger partial charge in [0, 0.05) is 25.1 Å². The number of carbonyl (C=O) groups is 1. The number of hydrogen-bond acceptors (Lipinski definition) is 6. The lowest BCUT2D eigenvalue weighted by atomic mass is 10.1. The highest BCUT2D eigenvalue weighted by atomic mass is 16.5. The Labute approximate surface area is 180 Å². The Kier molecular flexibility index (Phi) is 6.23. The Morgan fingerprint density at radius 1 is 1.10 bits per heavy atom. The predicted molar refractivity (Wildman–Crippen MR) is 116 cm³/mol. The molecule has 1 aliphatic rings. The Bertz CT molecular complexity index is 1130. The van der Waals surface area contributed by atoms with Crippen LogP contribution >= 0.6 is 0 Å². The molecule has 0 N–H and O–H groups in total. The van der Waals surface area contributed by atoms with Gasteiger partial charge < -0.3 is 23.5 Å². The van der Waals surface area contributed by atoms with Crippen molar-refractivity contribution in [3.63, 3.8) is 0 Å². The van der Waals surface area contributed by atoms with Gasteiger partial charge in [-0.15, -0.1) is 0 Å². The van der Waals surface area contributed by atoms with Gasteiger partial charge in [0.25, 0.3) is 5.91 Å². The minimum absolute atomic E-state index is 0.0113. The monoisotopic (exact) mass is 423 g/mol. The zero-order chi connectivity index (χ0) is 21.8. The van der Waals surface area contributed by atoms with Crippen molar-refractivity contribution in [1.82, 2.24) is 4.90 Å². The summed E-state index contributed by atoms with van der Waals surface area (Å²) in [6.07, 6.45) is 1.78. The van der Waals surface area contributed by atoms with Gasteiger partial charge in [-0.2, -0.15) is 0 Å². The van der Waals surface area contributed by atoms with Crippen LogP contribution in [0.3, 0.4) is 0 Å². The second kappa shape index (κ2) is 9.22. The molecule has 0 radical (unpaired) electrons. The summed E-state index contributed by atoms with van der Waals surface area (Å²) in [5, 5.41) is 0.702. The van der Waals surface area contributed by atoms with Crippen molar-refractivity contribution >= 4 is 16.9 Å². The number of benzene rings is 2. The highest BCUT2D eigenvalue weighted by Gasteiger charge is 2.26.